The molecule has 0 bridgehead atoms. The average Bonchev–Trinajstić information content (AvgIpc) is 3.76. The van der Waals surface area contributed by atoms with Crippen LogP contribution >= 0.6 is 0 Å². The number of ether oxygens (including phenoxy) is 1. The zero-order valence-electron chi connectivity index (χ0n) is 34.1. The Balaban J connectivity index is 0.864. The lowest BCUT2D eigenvalue weighted by Gasteiger charge is -2.38. The normalized spacial score (nSPS) is 18.7. The molecule has 0 saturated carbocycles. The van der Waals surface area contributed by atoms with Crippen LogP contribution in [0.3, 0.4) is 0 Å². The summed E-state index contributed by atoms with van der Waals surface area (Å²) >= 11 is 0. The number of hydrogen-bond donors (Lipinski definition) is 4. The van der Waals surface area contributed by atoms with Crippen molar-refractivity contribution in [3.8, 4) is 0 Å². The Hall–Kier alpha value is -6.52. The van der Waals surface area contributed by atoms with Gasteiger partial charge in [0.2, 0.25) is 11.8 Å². The summed E-state index contributed by atoms with van der Waals surface area (Å²) in [6, 6.07) is 19.4. The van der Waals surface area contributed by atoms with Gasteiger partial charge in [-0.2, -0.15) is 5.10 Å². The van der Waals surface area contributed by atoms with E-state index in [1.807, 2.05) is 42.5 Å². The van der Waals surface area contributed by atoms with Gasteiger partial charge in [-0.1, -0.05) is 12.1 Å². The van der Waals surface area contributed by atoms with E-state index in [0.717, 1.165) is 66.6 Å². The maximum Gasteiger partial charge on any atom is 0.262 e. The van der Waals surface area contributed by atoms with Gasteiger partial charge >= 0.3 is 0 Å². The zero-order valence-corrected chi connectivity index (χ0v) is 34.1. The van der Waals surface area contributed by atoms with Crippen LogP contribution in [0, 0.1) is 11.6 Å². The number of halogens is 2. The van der Waals surface area contributed by atoms with Crippen molar-refractivity contribution in [2.45, 2.75) is 69.6 Å². The SMILES string of the molecule is CN(Cc1ccc2c(c1)C(=O)N(C1CCC(=O)NC1=O)C2=O)C1CCN(c2ccc(C(=O)Nc3n[nH]c4ccc(Cc5cc(F)cc(F)c5)cc34)c(NC3CCOCC3)c2)CC1. The summed E-state index contributed by atoms with van der Waals surface area (Å²) in [6.45, 7) is 3.37. The van der Waals surface area contributed by atoms with Crippen molar-refractivity contribution in [3.05, 3.63) is 118 Å². The van der Waals surface area contributed by atoms with E-state index in [2.05, 4.69) is 43.0 Å². The van der Waals surface area contributed by atoms with Gasteiger partial charge in [0.25, 0.3) is 17.7 Å². The van der Waals surface area contributed by atoms with Gasteiger partial charge in [-0.3, -0.25) is 44.2 Å². The van der Waals surface area contributed by atoms with E-state index in [0.29, 0.717) is 59.7 Å². The van der Waals surface area contributed by atoms with Crippen molar-refractivity contribution in [1.82, 2.24) is 25.3 Å². The second-order valence-electron chi connectivity index (χ2n) is 16.6. The second-order valence-corrected chi connectivity index (χ2v) is 16.6. The van der Waals surface area contributed by atoms with E-state index >= 15 is 0 Å². The number of nitrogens with one attached hydrogen (secondary N) is 4. The van der Waals surface area contributed by atoms with Gasteiger partial charge in [0.05, 0.1) is 22.2 Å². The first kappa shape index (κ1) is 40.9. The summed E-state index contributed by atoms with van der Waals surface area (Å²) < 4.78 is 33.4. The molecule has 1 atom stereocenters. The number of nitrogens with zero attached hydrogens (tertiary/aromatic N) is 4. The van der Waals surface area contributed by atoms with Gasteiger partial charge in [-0.25, -0.2) is 8.78 Å². The molecule has 5 aromatic rings. The third kappa shape index (κ3) is 8.39. The van der Waals surface area contributed by atoms with E-state index in [4.69, 9.17) is 4.74 Å². The maximum atomic E-state index is 14.0. The number of rotatable bonds is 11. The molecule has 3 fully saturated rings. The molecule has 1 unspecified atom stereocenters. The fourth-order valence-electron chi connectivity index (χ4n) is 9.10. The zero-order chi connectivity index (χ0) is 43.1. The predicted molar refractivity (Wildman–Crippen MR) is 227 cm³/mol. The fourth-order valence-corrected chi connectivity index (χ4v) is 9.10. The highest BCUT2D eigenvalue weighted by Gasteiger charge is 2.44. The monoisotopic (exact) mass is 844 g/mol. The Morgan fingerprint density at radius 2 is 1.58 bits per heavy atom. The summed E-state index contributed by atoms with van der Waals surface area (Å²) in [5.41, 5.74) is 5.57. The van der Waals surface area contributed by atoms with Crippen molar-refractivity contribution in [2.75, 3.05) is 48.9 Å². The molecule has 4 N–H and O–H groups in total. The van der Waals surface area contributed by atoms with E-state index in [1.54, 1.807) is 12.1 Å². The number of fused-ring (bicyclic) bond motifs is 2. The number of carbonyl (C=O) groups is 5. The molecule has 5 heterocycles. The van der Waals surface area contributed by atoms with Crippen molar-refractivity contribution < 1.29 is 37.5 Å². The molecule has 0 radical (unpaired) electrons. The minimum Gasteiger partial charge on any atom is -0.381 e. The molecule has 4 aromatic carbocycles. The highest BCUT2D eigenvalue weighted by atomic mass is 19.1. The Morgan fingerprint density at radius 1 is 0.839 bits per heavy atom. The molecule has 0 spiro atoms. The number of benzene rings is 4. The number of anilines is 3. The van der Waals surface area contributed by atoms with Crippen LogP contribution < -0.4 is 20.9 Å². The lowest BCUT2D eigenvalue weighted by molar-refractivity contribution is -0.136. The molecule has 16 heteroatoms. The Morgan fingerprint density at radius 3 is 2.34 bits per heavy atom. The van der Waals surface area contributed by atoms with Crippen molar-refractivity contribution in [2.24, 2.45) is 0 Å². The number of piperidine rings is 2. The van der Waals surface area contributed by atoms with Gasteiger partial charge in [-0.05, 0) is 117 Å². The maximum absolute atomic E-state index is 14.0. The minimum atomic E-state index is -1.01. The van der Waals surface area contributed by atoms with Crippen LogP contribution in [0.1, 0.15) is 86.3 Å². The lowest BCUT2D eigenvalue weighted by atomic mass is 10.00. The van der Waals surface area contributed by atoms with Crippen LogP contribution in [0.25, 0.3) is 10.9 Å². The number of amides is 5. The van der Waals surface area contributed by atoms with Crippen molar-refractivity contribution in [3.63, 3.8) is 0 Å². The van der Waals surface area contributed by atoms with E-state index in [1.165, 1.54) is 12.1 Å². The molecule has 9 rings (SSSR count). The Kier molecular flexibility index (Phi) is 11.3. The first-order chi connectivity index (χ1) is 30.0. The quantitative estimate of drug-likeness (QED) is 0.120. The van der Waals surface area contributed by atoms with Crippen LogP contribution in [0.5, 0.6) is 0 Å². The molecule has 1 aromatic heterocycles. The van der Waals surface area contributed by atoms with Crippen LogP contribution in [-0.2, 0) is 27.3 Å². The van der Waals surface area contributed by atoms with Crippen LogP contribution in [-0.4, -0.2) is 101 Å². The van der Waals surface area contributed by atoms with E-state index < -0.39 is 41.3 Å². The molecular formula is C46H46F2N8O6. The highest BCUT2D eigenvalue weighted by molar-refractivity contribution is 6.23. The van der Waals surface area contributed by atoms with Gasteiger partial charge in [0, 0.05) is 74.2 Å². The molecule has 0 aliphatic carbocycles. The number of aromatic nitrogens is 2. The smallest absolute Gasteiger partial charge is 0.262 e. The molecule has 62 heavy (non-hydrogen) atoms. The number of H-pyrrole nitrogens is 1. The van der Waals surface area contributed by atoms with Gasteiger partial charge in [-0.15, -0.1) is 0 Å². The van der Waals surface area contributed by atoms with Gasteiger partial charge in [0.15, 0.2) is 5.82 Å². The second kappa shape index (κ2) is 17.1. The predicted octanol–water partition coefficient (Wildman–Crippen LogP) is 5.78. The molecule has 4 aliphatic rings. The standard InChI is InChI=1S/C46H46F2N8O6/c1-54(25-27-2-5-34-36(22-27)46(61)56(45(34)60)40-8-9-41(57)50-44(40)59)32-10-14-55(15-11-32)33-4-6-35(39(24-33)49-31-12-16-62-17-13-31)43(58)51-42-37-21-26(3-7-38(37)52-53-42)18-28-19-29(47)23-30(48)20-28/h2-7,19-24,31-32,40,49H,8-18,25H2,1H3,(H,50,57,59)(H2,51,52,53,58). The average molecular weight is 845 g/mol. The topological polar surface area (TPSA) is 169 Å². The number of imide groups is 2. The molecule has 14 nitrogen and oxygen atoms in total. The molecule has 5 amide bonds. The number of carbonyl (C=O) groups excluding carboxylic acids is 5. The summed E-state index contributed by atoms with van der Waals surface area (Å²) in [5, 5.41) is 16.9. The first-order valence-corrected chi connectivity index (χ1v) is 21.0. The summed E-state index contributed by atoms with van der Waals surface area (Å²) in [6.07, 6.45) is 3.82. The highest BCUT2D eigenvalue weighted by Crippen LogP contribution is 2.33. The third-order valence-corrected chi connectivity index (χ3v) is 12.4. The largest absolute Gasteiger partial charge is 0.381 e. The molecule has 320 valence electrons. The van der Waals surface area contributed by atoms with Crippen molar-refractivity contribution in [1.29, 1.82) is 0 Å². The third-order valence-electron chi connectivity index (χ3n) is 12.4. The van der Waals surface area contributed by atoms with Gasteiger partial charge < -0.3 is 20.3 Å². The Labute approximate surface area is 356 Å². The summed E-state index contributed by atoms with van der Waals surface area (Å²) in [7, 11) is 2.05. The summed E-state index contributed by atoms with van der Waals surface area (Å²) in [5.74, 6) is -3.36. The molecular weight excluding hydrogens is 799 g/mol. The van der Waals surface area contributed by atoms with Gasteiger partial charge in [0.1, 0.15) is 17.7 Å². The molecule has 4 aliphatic heterocycles. The summed E-state index contributed by atoms with van der Waals surface area (Å²) in [4.78, 5) is 70.4. The van der Waals surface area contributed by atoms with Crippen LogP contribution in [0.4, 0.5) is 26.0 Å². The van der Waals surface area contributed by atoms with E-state index in [9.17, 15) is 32.8 Å². The Bertz CT molecular complexity index is 2580. The van der Waals surface area contributed by atoms with E-state index in [-0.39, 0.29) is 42.0 Å². The minimum absolute atomic E-state index is 0.0657. The first-order valence-electron chi connectivity index (χ1n) is 21.0. The van der Waals surface area contributed by atoms with Crippen molar-refractivity contribution >= 4 is 57.6 Å². The lowest BCUT2D eigenvalue weighted by Crippen LogP contribution is -2.54. The van der Waals surface area contributed by atoms with Crippen LogP contribution in [0.15, 0.2) is 72.8 Å². The van der Waals surface area contributed by atoms with Crippen LogP contribution in [0.2, 0.25) is 0 Å². The fraction of sp³-hybridized carbons (Fsp3) is 0.348. The number of aromatic amines is 1. The molecule has 3 saturated heterocycles. The number of hydrogen-bond acceptors (Lipinski definition) is 10.